The van der Waals surface area contributed by atoms with Gasteiger partial charge in [0, 0.05) is 18.6 Å². The molecular weight excluding hydrogens is 230 g/mol. The fraction of sp³-hybridized carbons (Fsp3) is 0.786. The van der Waals surface area contributed by atoms with Crippen molar-refractivity contribution in [2.24, 2.45) is 5.92 Å². The van der Waals surface area contributed by atoms with Crippen molar-refractivity contribution in [2.45, 2.75) is 56.8 Å². The fourth-order valence-corrected chi connectivity index (χ4v) is 3.01. The molecule has 1 heterocycles. The van der Waals surface area contributed by atoms with E-state index in [-0.39, 0.29) is 18.4 Å². The van der Waals surface area contributed by atoms with Crippen LogP contribution >= 0.6 is 0 Å². The van der Waals surface area contributed by atoms with Crippen LogP contribution in [0.25, 0.3) is 0 Å². The highest BCUT2D eigenvalue weighted by atomic mass is 16.5. The standard InChI is InChI=1S/C14H23NO3/c1-3-14(2,17)9-13(16)15-11-5-4-6-12-10(11)7-8-18-12/h3,10-12,17H,1,4-9H2,2H3,(H,15,16)/t10-,11-,12+,14+/m1/s1. The molecule has 0 aromatic heterocycles. The largest absolute Gasteiger partial charge is 0.386 e. The third-order valence-corrected chi connectivity index (χ3v) is 4.09. The highest BCUT2D eigenvalue weighted by molar-refractivity contribution is 5.77. The number of amides is 1. The molecule has 1 amide bonds. The van der Waals surface area contributed by atoms with E-state index >= 15 is 0 Å². The number of aliphatic hydroxyl groups is 1. The summed E-state index contributed by atoms with van der Waals surface area (Å²) in [6, 6.07) is 0.208. The lowest BCUT2D eigenvalue weighted by Gasteiger charge is -2.33. The van der Waals surface area contributed by atoms with Crippen molar-refractivity contribution in [3.8, 4) is 0 Å². The molecule has 4 heteroatoms. The average molecular weight is 253 g/mol. The van der Waals surface area contributed by atoms with Gasteiger partial charge in [-0.15, -0.1) is 6.58 Å². The van der Waals surface area contributed by atoms with Crippen molar-refractivity contribution in [1.82, 2.24) is 5.32 Å². The lowest BCUT2D eigenvalue weighted by molar-refractivity contribution is -0.125. The van der Waals surface area contributed by atoms with E-state index in [1.807, 2.05) is 0 Å². The second kappa shape index (κ2) is 5.41. The van der Waals surface area contributed by atoms with Crippen LogP contribution < -0.4 is 5.32 Å². The molecule has 4 atom stereocenters. The molecule has 2 fully saturated rings. The first-order valence-corrected chi connectivity index (χ1v) is 6.79. The lowest BCUT2D eigenvalue weighted by Crippen LogP contribution is -2.47. The second-order valence-corrected chi connectivity index (χ2v) is 5.70. The smallest absolute Gasteiger partial charge is 0.223 e. The Morgan fingerprint density at radius 1 is 1.56 bits per heavy atom. The topological polar surface area (TPSA) is 58.6 Å². The molecule has 0 aromatic rings. The summed E-state index contributed by atoms with van der Waals surface area (Å²) in [7, 11) is 0. The molecule has 0 unspecified atom stereocenters. The molecule has 2 rings (SSSR count). The van der Waals surface area contributed by atoms with Crippen LogP contribution in [-0.2, 0) is 9.53 Å². The molecule has 1 aliphatic carbocycles. The van der Waals surface area contributed by atoms with Gasteiger partial charge in [0.25, 0.3) is 0 Å². The number of ether oxygens (including phenoxy) is 1. The molecular formula is C14H23NO3. The van der Waals surface area contributed by atoms with E-state index in [9.17, 15) is 9.90 Å². The minimum atomic E-state index is -1.12. The number of hydrogen-bond donors (Lipinski definition) is 2. The van der Waals surface area contributed by atoms with Crippen LogP contribution in [0, 0.1) is 5.92 Å². The summed E-state index contributed by atoms with van der Waals surface area (Å²) in [5.74, 6) is 0.355. The Kier molecular flexibility index (Phi) is 4.07. The van der Waals surface area contributed by atoms with Crippen molar-refractivity contribution in [2.75, 3.05) is 6.61 Å². The molecule has 102 valence electrons. The maximum Gasteiger partial charge on any atom is 0.223 e. The van der Waals surface area contributed by atoms with Crippen molar-refractivity contribution < 1.29 is 14.6 Å². The van der Waals surface area contributed by atoms with Crippen LogP contribution in [-0.4, -0.2) is 35.4 Å². The van der Waals surface area contributed by atoms with Crippen molar-refractivity contribution in [3.63, 3.8) is 0 Å². The van der Waals surface area contributed by atoms with Crippen LogP contribution in [0.3, 0.4) is 0 Å². The summed E-state index contributed by atoms with van der Waals surface area (Å²) in [5.41, 5.74) is -1.12. The monoisotopic (exact) mass is 253 g/mol. The molecule has 18 heavy (non-hydrogen) atoms. The van der Waals surface area contributed by atoms with Gasteiger partial charge in [-0.05, 0) is 32.6 Å². The number of rotatable bonds is 4. The number of nitrogens with one attached hydrogen (secondary N) is 1. The van der Waals surface area contributed by atoms with Crippen LogP contribution in [0.5, 0.6) is 0 Å². The highest BCUT2D eigenvalue weighted by Crippen LogP contribution is 2.34. The van der Waals surface area contributed by atoms with Gasteiger partial charge in [0.15, 0.2) is 0 Å². The van der Waals surface area contributed by atoms with Gasteiger partial charge in [0.2, 0.25) is 5.91 Å². The van der Waals surface area contributed by atoms with Crippen LogP contribution in [0.15, 0.2) is 12.7 Å². The summed E-state index contributed by atoms with van der Waals surface area (Å²) in [6.07, 6.45) is 6.08. The normalized spacial score (nSPS) is 34.4. The average Bonchev–Trinajstić information content (AvgIpc) is 2.77. The van der Waals surface area contributed by atoms with Crippen molar-refractivity contribution in [1.29, 1.82) is 0 Å². The minimum Gasteiger partial charge on any atom is -0.386 e. The maximum absolute atomic E-state index is 11.9. The van der Waals surface area contributed by atoms with Gasteiger partial charge < -0.3 is 15.2 Å². The zero-order valence-electron chi connectivity index (χ0n) is 11.0. The Morgan fingerprint density at radius 3 is 3.06 bits per heavy atom. The molecule has 0 aromatic carbocycles. The molecule has 0 radical (unpaired) electrons. The predicted octanol–water partition coefficient (Wildman–Crippen LogP) is 1.39. The Morgan fingerprint density at radius 2 is 2.33 bits per heavy atom. The number of hydrogen-bond acceptors (Lipinski definition) is 3. The summed E-state index contributed by atoms with van der Waals surface area (Å²) >= 11 is 0. The molecule has 2 N–H and O–H groups in total. The summed E-state index contributed by atoms with van der Waals surface area (Å²) in [4.78, 5) is 11.9. The van der Waals surface area contributed by atoms with Crippen molar-refractivity contribution >= 4 is 5.91 Å². The molecule has 4 nitrogen and oxygen atoms in total. The van der Waals surface area contributed by atoms with Gasteiger partial charge in [0.05, 0.1) is 18.1 Å². The Bertz CT molecular complexity index is 327. The third-order valence-electron chi connectivity index (χ3n) is 4.09. The van der Waals surface area contributed by atoms with E-state index in [0.717, 1.165) is 32.3 Å². The van der Waals surface area contributed by atoms with Gasteiger partial charge in [0.1, 0.15) is 0 Å². The third kappa shape index (κ3) is 3.12. The van der Waals surface area contributed by atoms with E-state index in [4.69, 9.17) is 4.74 Å². The van der Waals surface area contributed by atoms with Gasteiger partial charge >= 0.3 is 0 Å². The van der Waals surface area contributed by atoms with Crippen LogP contribution in [0.4, 0.5) is 0 Å². The van der Waals surface area contributed by atoms with E-state index in [2.05, 4.69) is 11.9 Å². The summed E-state index contributed by atoms with van der Waals surface area (Å²) in [5, 5.41) is 12.9. The molecule has 2 aliphatic rings. The molecule has 1 saturated carbocycles. The van der Waals surface area contributed by atoms with Gasteiger partial charge in [-0.2, -0.15) is 0 Å². The van der Waals surface area contributed by atoms with Gasteiger partial charge in [-0.1, -0.05) is 6.08 Å². The quantitative estimate of drug-likeness (QED) is 0.744. The number of fused-ring (bicyclic) bond motifs is 1. The predicted molar refractivity (Wildman–Crippen MR) is 69.1 cm³/mol. The van der Waals surface area contributed by atoms with Crippen LogP contribution in [0.1, 0.15) is 39.0 Å². The first-order valence-electron chi connectivity index (χ1n) is 6.79. The Hall–Kier alpha value is -0.870. The molecule has 1 saturated heterocycles. The minimum absolute atomic E-state index is 0.0746. The van der Waals surface area contributed by atoms with Gasteiger partial charge in [-0.25, -0.2) is 0 Å². The van der Waals surface area contributed by atoms with Gasteiger partial charge in [-0.3, -0.25) is 4.79 Å². The maximum atomic E-state index is 11.9. The number of carbonyl (C=O) groups excluding carboxylic acids is 1. The second-order valence-electron chi connectivity index (χ2n) is 5.70. The lowest BCUT2D eigenvalue weighted by atomic mass is 9.81. The molecule has 1 aliphatic heterocycles. The summed E-state index contributed by atoms with van der Waals surface area (Å²) in [6.45, 7) is 5.95. The van der Waals surface area contributed by atoms with E-state index < -0.39 is 5.60 Å². The highest BCUT2D eigenvalue weighted by Gasteiger charge is 2.38. The first kappa shape index (κ1) is 13.6. The zero-order valence-corrected chi connectivity index (χ0v) is 11.0. The molecule has 0 spiro atoms. The Balaban J connectivity index is 1.88. The number of carbonyl (C=O) groups is 1. The first-order chi connectivity index (χ1) is 8.52. The fourth-order valence-electron chi connectivity index (χ4n) is 3.01. The van der Waals surface area contributed by atoms with Crippen molar-refractivity contribution in [3.05, 3.63) is 12.7 Å². The SMILES string of the molecule is C=C[C@](C)(O)CC(=O)N[C@@H]1CCC[C@@H]2OCC[C@@H]21. The summed E-state index contributed by atoms with van der Waals surface area (Å²) < 4.78 is 5.67. The van der Waals surface area contributed by atoms with E-state index in [1.54, 1.807) is 6.92 Å². The Labute approximate surface area is 108 Å². The molecule has 0 bridgehead atoms. The van der Waals surface area contributed by atoms with E-state index in [0.29, 0.717) is 12.0 Å². The van der Waals surface area contributed by atoms with E-state index in [1.165, 1.54) is 6.08 Å². The van der Waals surface area contributed by atoms with Crippen LogP contribution in [0.2, 0.25) is 0 Å². The zero-order chi connectivity index (χ0) is 13.2.